The van der Waals surface area contributed by atoms with Crippen molar-refractivity contribution >= 4 is 23.9 Å². The van der Waals surface area contributed by atoms with Crippen LogP contribution in [0.15, 0.2) is 48.5 Å². The minimum atomic E-state index is -0.324. The number of fused-ring (bicyclic) bond motifs is 4. The SMILES string of the molecule is CC(=O)Oc1cccc(C[N+]2(C)[C@@H]3CC[C@H]2CC(OC(=O)CCCC(=O)OC2C[C@H]4CC[C@@H](C2)[N+]4(C)Cc2cccc(OC(C)=O)c2)C3)c1.[Br-].[Br-]. The van der Waals surface area contributed by atoms with Gasteiger partial charge in [-0.05, 0) is 30.7 Å². The molecule has 0 radical (unpaired) electrons. The lowest BCUT2D eigenvalue weighted by Crippen LogP contribution is -3.00. The average molecular weight is 837 g/mol. The van der Waals surface area contributed by atoms with Gasteiger partial charge in [-0.1, -0.05) is 24.3 Å². The van der Waals surface area contributed by atoms with Gasteiger partial charge in [-0.2, -0.15) is 0 Å². The Kier molecular flexibility index (Phi) is 13.9. The van der Waals surface area contributed by atoms with Crippen molar-refractivity contribution in [3.63, 3.8) is 0 Å². The number of hydrogen-bond donors (Lipinski definition) is 0. The van der Waals surface area contributed by atoms with E-state index in [0.29, 0.717) is 42.1 Å². The zero-order chi connectivity index (χ0) is 34.8. The molecule has 10 nitrogen and oxygen atoms in total. The summed E-state index contributed by atoms with van der Waals surface area (Å²) in [5.74, 6) is 0.0283. The molecule has 8 atom stereocenters. The third-order valence-corrected chi connectivity index (χ3v) is 11.9. The van der Waals surface area contributed by atoms with Crippen LogP contribution in [-0.4, -0.2) is 83.3 Å². The molecule has 2 aromatic carbocycles. The summed E-state index contributed by atoms with van der Waals surface area (Å²) in [6.07, 6.45) is 8.44. The highest BCUT2D eigenvalue weighted by Crippen LogP contribution is 2.45. The summed E-state index contributed by atoms with van der Waals surface area (Å²) in [5, 5.41) is 0. The Morgan fingerprint density at radius 3 is 1.29 bits per heavy atom. The van der Waals surface area contributed by atoms with E-state index in [1.165, 1.54) is 13.8 Å². The fourth-order valence-electron chi connectivity index (χ4n) is 9.50. The number of quaternary nitrogens is 2. The fraction of sp³-hybridized carbons (Fsp3) is 0.590. The van der Waals surface area contributed by atoms with Gasteiger partial charge in [0, 0.05) is 89.2 Å². The second-order valence-electron chi connectivity index (χ2n) is 15.3. The first-order valence-electron chi connectivity index (χ1n) is 18.0. The highest BCUT2D eigenvalue weighted by atomic mass is 79.9. The van der Waals surface area contributed by atoms with Crippen molar-refractivity contribution in [3.05, 3.63) is 59.7 Å². The number of carbonyl (C=O) groups excluding carboxylic acids is 4. The van der Waals surface area contributed by atoms with Crippen LogP contribution in [0.5, 0.6) is 11.5 Å². The quantitative estimate of drug-likeness (QED) is 0.165. The molecule has 6 rings (SSSR count). The fourth-order valence-corrected chi connectivity index (χ4v) is 9.50. The van der Waals surface area contributed by atoms with Crippen molar-refractivity contribution in [1.82, 2.24) is 0 Å². The molecular formula is C39H52Br2N2O8. The van der Waals surface area contributed by atoms with E-state index in [-0.39, 0.29) is 82.9 Å². The van der Waals surface area contributed by atoms with Gasteiger partial charge in [-0.25, -0.2) is 0 Å². The number of benzene rings is 2. The van der Waals surface area contributed by atoms with Crippen LogP contribution in [0.25, 0.3) is 0 Å². The van der Waals surface area contributed by atoms with Crippen molar-refractivity contribution in [1.29, 1.82) is 0 Å². The molecule has 4 unspecified atom stereocenters. The Balaban J connectivity index is 0.00000292. The third-order valence-electron chi connectivity index (χ3n) is 11.9. The maximum Gasteiger partial charge on any atom is 0.308 e. The van der Waals surface area contributed by atoms with Crippen molar-refractivity contribution in [2.75, 3.05) is 14.1 Å². The molecule has 4 fully saturated rings. The van der Waals surface area contributed by atoms with Crippen molar-refractivity contribution in [2.45, 2.75) is 134 Å². The van der Waals surface area contributed by atoms with Gasteiger partial charge in [0.2, 0.25) is 0 Å². The Hall–Kier alpha value is -2.80. The number of ether oxygens (including phenoxy) is 4. The Morgan fingerprint density at radius 1 is 0.608 bits per heavy atom. The van der Waals surface area contributed by atoms with Gasteiger partial charge in [0.25, 0.3) is 0 Å². The lowest BCUT2D eigenvalue weighted by Gasteiger charge is -2.47. The number of piperidine rings is 2. The molecule has 0 saturated carbocycles. The summed E-state index contributed by atoms with van der Waals surface area (Å²) < 4.78 is 24.3. The molecule has 4 aliphatic rings. The molecule has 0 N–H and O–H groups in total. The van der Waals surface area contributed by atoms with Crippen LogP contribution in [0.2, 0.25) is 0 Å². The van der Waals surface area contributed by atoms with Gasteiger partial charge < -0.3 is 61.9 Å². The van der Waals surface area contributed by atoms with Crippen LogP contribution in [0, 0.1) is 0 Å². The standard InChI is InChI=1S/C39H52N2O8.2BrH/c1-26(42)46-34-10-5-8-28(18-34)24-40(3)30-14-15-31(40)21-36(20-30)48-38(44)12-7-13-39(45)49-37-22-32-16-17-33(23-37)41(32,4)25-29-9-6-11-35(19-29)47-27(2)43;;/h5-6,8-11,18-19,30-33,36-37H,7,12-17,20-25H2,1-4H3;2*1H/q+2;;/p-2/t30-,31+,32-,33+,36?,37?,40?,41?;;. The lowest BCUT2D eigenvalue weighted by atomic mass is 9.95. The number of rotatable bonds is 12. The molecule has 0 aromatic heterocycles. The minimum Gasteiger partial charge on any atom is -1.00 e. The highest BCUT2D eigenvalue weighted by molar-refractivity contribution is 5.73. The molecule has 0 aliphatic carbocycles. The zero-order valence-electron chi connectivity index (χ0n) is 30.2. The monoisotopic (exact) mass is 834 g/mol. The molecule has 0 spiro atoms. The van der Waals surface area contributed by atoms with E-state index in [0.717, 1.165) is 84.5 Å². The summed E-state index contributed by atoms with van der Waals surface area (Å²) in [6.45, 7) is 4.51. The molecule has 2 aromatic rings. The predicted octanol–water partition coefficient (Wildman–Crippen LogP) is -0.218. The first kappa shape index (κ1) is 41.0. The van der Waals surface area contributed by atoms with Crippen LogP contribution < -0.4 is 43.4 Å². The largest absolute Gasteiger partial charge is 1.00 e. The Bertz CT molecular complexity index is 1430. The molecule has 4 heterocycles. The van der Waals surface area contributed by atoms with E-state index in [2.05, 4.69) is 26.2 Å². The topological polar surface area (TPSA) is 105 Å². The van der Waals surface area contributed by atoms with Crippen molar-refractivity contribution < 1.29 is 81.1 Å². The second-order valence-corrected chi connectivity index (χ2v) is 15.3. The molecule has 280 valence electrons. The Labute approximate surface area is 322 Å². The van der Waals surface area contributed by atoms with Gasteiger partial charge in [0.1, 0.15) is 36.8 Å². The number of hydrogen-bond acceptors (Lipinski definition) is 8. The third kappa shape index (κ3) is 9.80. The van der Waals surface area contributed by atoms with E-state index < -0.39 is 0 Å². The molecular weight excluding hydrogens is 784 g/mol. The van der Waals surface area contributed by atoms with Crippen LogP contribution >= 0.6 is 0 Å². The smallest absolute Gasteiger partial charge is 0.308 e. The molecule has 12 heteroatoms. The van der Waals surface area contributed by atoms with Gasteiger partial charge in [0.05, 0.1) is 38.3 Å². The van der Waals surface area contributed by atoms with Crippen LogP contribution in [0.1, 0.15) is 95.6 Å². The van der Waals surface area contributed by atoms with E-state index in [1.54, 1.807) is 12.1 Å². The number of halogens is 2. The second kappa shape index (κ2) is 17.4. The molecule has 4 aliphatic heterocycles. The van der Waals surface area contributed by atoms with Gasteiger partial charge in [0.15, 0.2) is 0 Å². The number of nitrogens with zero attached hydrogens (tertiary/aromatic N) is 2. The predicted molar refractivity (Wildman–Crippen MR) is 181 cm³/mol. The Morgan fingerprint density at radius 2 is 0.961 bits per heavy atom. The normalized spacial score (nSPS) is 30.3. The first-order valence-corrected chi connectivity index (χ1v) is 18.0. The summed E-state index contributed by atoms with van der Waals surface area (Å²) >= 11 is 0. The number of carbonyl (C=O) groups is 4. The molecule has 0 amide bonds. The zero-order valence-corrected chi connectivity index (χ0v) is 33.4. The maximum atomic E-state index is 12.8. The average Bonchev–Trinajstić information content (AvgIpc) is 3.26. The van der Waals surface area contributed by atoms with E-state index >= 15 is 0 Å². The van der Waals surface area contributed by atoms with Crippen molar-refractivity contribution in [2.24, 2.45) is 0 Å². The first-order chi connectivity index (χ1) is 23.4. The van der Waals surface area contributed by atoms with Gasteiger partial charge >= 0.3 is 23.9 Å². The maximum absolute atomic E-state index is 12.8. The van der Waals surface area contributed by atoms with Crippen molar-refractivity contribution in [3.8, 4) is 11.5 Å². The minimum absolute atomic E-state index is 0. The summed E-state index contributed by atoms with van der Waals surface area (Å²) in [4.78, 5) is 48.5. The highest BCUT2D eigenvalue weighted by Gasteiger charge is 2.53. The summed E-state index contributed by atoms with van der Waals surface area (Å²) in [5.41, 5.74) is 2.27. The lowest BCUT2D eigenvalue weighted by molar-refractivity contribution is -0.961. The van der Waals surface area contributed by atoms with E-state index in [9.17, 15) is 19.2 Å². The van der Waals surface area contributed by atoms with Gasteiger partial charge in [-0.15, -0.1) is 0 Å². The molecule has 4 saturated heterocycles. The number of esters is 4. The van der Waals surface area contributed by atoms with Gasteiger partial charge in [-0.3, -0.25) is 19.2 Å². The van der Waals surface area contributed by atoms with E-state index in [4.69, 9.17) is 18.9 Å². The van der Waals surface area contributed by atoms with Crippen LogP contribution in [0.3, 0.4) is 0 Å². The van der Waals surface area contributed by atoms with Crippen LogP contribution in [-0.2, 0) is 41.7 Å². The van der Waals surface area contributed by atoms with E-state index in [1.807, 2.05) is 24.3 Å². The van der Waals surface area contributed by atoms with Crippen LogP contribution in [0.4, 0.5) is 0 Å². The molecule has 4 bridgehead atoms. The summed E-state index contributed by atoms with van der Waals surface area (Å²) in [6, 6.07) is 17.1. The summed E-state index contributed by atoms with van der Waals surface area (Å²) in [7, 11) is 4.60. The molecule has 51 heavy (non-hydrogen) atoms.